The van der Waals surface area contributed by atoms with E-state index >= 15 is 0 Å². The van der Waals surface area contributed by atoms with Crippen molar-refractivity contribution in [2.24, 2.45) is 0 Å². The number of sulfone groups is 1. The number of anilines is 1. The lowest BCUT2D eigenvalue weighted by Crippen LogP contribution is -2.23. The number of carbonyl (C=O) groups excluding carboxylic acids is 1. The molecule has 4 rings (SSSR count). The van der Waals surface area contributed by atoms with E-state index in [4.69, 9.17) is 16.3 Å². The van der Waals surface area contributed by atoms with Crippen LogP contribution in [-0.4, -0.2) is 42.2 Å². The maximum absolute atomic E-state index is 12.5. The minimum Gasteiger partial charge on any atom is -0.482 e. The molecular weight excluding hydrogens is 426 g/mol. The molecule has 0 radical (unpaired) electrons. The third-order valence-electron chi connectivity index (χ3n) is 4.82. The third-order valence-corrected chi connectivity index (χ3v) is 6.89. The molecule has 1 saturated heterocycles. The Labute approximate surface area is 179 Å². The van der Waals surface area contributed by atoms with E-state index in [2.05, 4.69) is 10.4 Å². The van der Waals surface area contributed by atoms with Gasteiger partial charge in [0.15, 0.2) is 16.4 Å². The highest BCUT2D eigenvalue weighted by Gasteiger charge is 2.31. The van der Waals surface area contributed by atoms with E-state index in [1.807, 2.05) is 30.3 Å². The van der Waals surface area contributed by atoms with Gasteiger partial charge in [0.2, 0.25) is 0 Å². The predicted molar refractivity (Wildman–Crippen MR) is 116 cm³/mol. The van der Waals surface area contributed by atoms with E-state index in [0.717, 1.165) is 5.56 Å². The monoisotopic (exact) mass is 445 g/mol. The Morgan fingerprint density at radius 1 is 1.17 bits per heavy atom. The maximum atomic E-state index is 12.5. The molecule has 0 aliphatic carbocycles. The van der Waals surface area contributed by atoms with Gasteiger partial charge in [-0.3, -0.25) is 4.79 Å². The van der Waals surface area contributed by atoms with Crippen LogP contribution in [0.4, 0.5) is 5.82 Å². The molecule has 3 aromatic rings. The minimum atomic E-state index is -3.11. The number of para-hydroxylation sites is 1. The molecule has 0 unspecified atom stereocenters. The summed E-state index contributed by atoms with van der Waals surface area (Å²) < 4.78 is 31.0. The SMILES string of the molecule is O=C(COc1ccccc1Cl)Nc1cc(-c2ccccc2)nn1[C@@H]1CCS(=O)(=O)C1. The number of carbonyl (C=O) groups is 1. The summed E-state index contributed by atoms with van der Waals surface area (Å²) in [5, 5.41) is 7.80. The first-order valence-electron chi connectivity index (χ1n) is 9.44. The highest BCUT2D eigenvalue weighted by Crippen LogP contribution is 2.30. The average molecular weight is 446 g/mol. The van der Waals surface area contributed by atoms with Crippen molar-refractivity contribution in [1.82, 2.24) is 9.78 Å². The first kappa shape index (κ1) is 20.4. The average Bonchev–Trinajstić information content (AvgIpc) is 3.31. The molecule has 1 aromatic heterocycles. The minimum absolute atomic E-state index is 0.00189. The van der Waals surface area contributed by atoms with Crippen LogP contribution in [0.1, 0.15) is 12.5 Å². The largest absolute Gasteiger partial charge is 0.482 e. The lowest BCUT2D eigenvalue weighted by molar-refractivity contribution is -0.118. The summed E-state index contributed by atoms with van der Waals surface area (Å²) in [6.45, 7) is -0.238. The van der Waals surface area contributed by atoms with E-state index in [9.17, 15) is 13.2 Å². The van der Waals surface area contributed by atoms with Crippen LogP contribution in [-0.2, 0) is 14.6 Å². The van der Waals surface area contributed by atoms with Crippen LogP contribution >= 0.6 is 11.6 Å². The lowest BCUT2D eigenvalue weighted by Gasteiger charge is -2.14. The smallest absolute Gasteiger partial charge is 0.263 e. The second-order valence-electron chi connectivity index (χ2n) is 7.05. The molecule has 1 amide bonds. The fourth-order valence-corrected chi connectivity index (χ4v) is 5.25. The molecule has 1 aliphatic rings. The fourth-order valence-electron chi connectivity index (χ4n) is 3.37. The predicted octanol–water partition coefficient (Wildman–Crippen LogP) is 3.58. The van der Waals surface area contributed by atoms with Gasteiger partial charge in [-0.1, -0.05) is 54.1 Å². The summed E-state index contributed by atoms with van der Waals surface area (Å²) in [6.07, 6.45) is 0.456. The van der Waals surface area contributed by atoms with Gasteiger partial charge in [0.1, 0.15) is 11.6 Å². The Morgan fingerprint density at radius 3 is 2.60 bits per heavy atom. The van der Waals surface area contributed by atoms with Crippen LogP contribution in [0.5, 0.6) is 5.75 Å². The zero-order valence-corrected chi connectivity index (χ0v) is 17.6. The van der Waals surface area contributed by atoms with Crippen molar-refractivity contribution in [3.63, 3.8) is 0 Å². The third kappa shape index (κ3) is 4.66. The van der Waals surface area contributed by atoms with Gasteiger partial charge < -0.3 is 10.1 Å². The number of nitrogens with zero attached hydrogens (tertiary/aromatic N) is 2. The van der Waals surface area contributed by atoms with Gasteiger partial charge in [-0.2, -0.15) is 5.10 Å². The summed E-state index contributed by atoms with van der Waals surface area (Å²) in [6, 6.07) is 17.8. The number of nitrogens with one attached hydrogen (secondary N) is 1. The van der Waals surface area contributed by atoms with Gasteiger partial charge in [-0.05, 0) is 18.6 Å². The van der Waals surface area contributed by atoms with E-state index in [1.165, 1.54) is 0 Å². The molecule has 1 aliphatic heterocycles. The van der Waals surface area contributed by atoms with Crippen molar-refractivity contribution in [3.05, 3.63) is 65.7 Å². The molecule has 0 saturated carbocycles. The van der Waals surface area contributed by atoms with Crippen molar-refractivity contribution in [2.75, 3.05) is 23.4 Å². The van der Waals surface area contributed by atoms with Crippen molar-refractivity contribution < 1.29 is 17.9 Å². The van der Waals surface area contributed by atoms with Crippen molar-refractivity contribution in [1.29, 1.82) is 0 Å². The molecule has 156 valence electrons. The van der Waals surface area contributed by atoms with Crippen LogP contribution < -0.4 is 10.1 Å². The Balaban J connectivity index is 1.55. The van der Waals surface area contributed by atoms with Gasteiger partial charge in [-0.25, -0.2) is 13.1 Å². The van der Waals surface area contributed by atoms with Crippen LogP contribution in [0.3, 0.4) is 0 Å². The summed E-state index contributed by atoms with van der Waals surface area (Å²) in [5.74, 6) is 0.568. The first-order valence-corrected chi connectivity index (χ1v) is 11.6. The number of benzene rings is 2. The van der Waals surface area contributed by atoms with Gasteiger partial charge in [0.05, 0.1) is 28.3 Å². The molecule has 1 N–H and O–H groups in total. The highest BCUT2D eigenvalue weighted by atomic mass is 35.5. The summed E-state index contributed by atoms with van der Waals surface area (Å²) >= 11 is 6.05. The van der Waals surface area contributed by atoms with E-state index < -0.39 is 15.7 Å². The number of ether oxygens (including phenoxy) is 1. The molecule has 0 spiro atoms. The van der Waals surface area contributed by atoms with Crippen LogP contribution in [0.2, 0.25) is 5.02 Å². The molecule has 9 heteroatoms. The summed E-state index contributed by atoms with van der Waals surface area (Å²) in [5.41, 5.74) is 1.53. The van der Waals surface area contributed by atoms with Crippen molar-refractivity contribution in [2.45, 2.75) is 12.5 Å². The van der Waals surface area contributed by atoms with Gasteiger partial charge in [0, 0.05) is 11.6 Å². The molecule has 0 bridgehead atoms. The van der Waals surface area contributed by atoms with Gasteiger partial charge >= 0.3 is 0 Å². The number of rotatable bonds is 6. The van der Waals surface area contributed by atoms with E-state index in [1.54, 1.807) is 35.0 Å². The first-order chi connectivity index (χ1) is 14.4. The lowest BCUT2D eigenvalue weighted by atomic mass is 10.1. The summed E-state index contributed by atoms with van der Waals surface area (Å²) in [4.78, 5) is 12.5. The van der Waals surface area contributed by atoms with E-state index in [-0.39, 0.29) is 24.2 Å². The molecule has 1 fully saturated rings. The van der Waals surface area contributed by atoms with Crippen LogP contribution in [0, 0.1) is 0 Å². The molecule has 2 heterocycles. The number of amides is 1. The normalized spacial score (nSPS) is 17.6. The van der Waals surface area contributed by atoms with Gasteiger partial charge in [0.25, 0.3) is 5.91 Å². The standard InChI is InChI=1S/C21H20ClN3O4S/c22-17-8-4-5-9-19(17)29-13-21(26)23-20-12-18(15-6-2-1-3-7-15)24-25(20)16-10-11-30(27,28)14-16/h1-9,12,16H,10-11,13-14H2,(H,23,26)/t16-/m1/s1. The maximum Gasteiger partial charge on any atom is 0.263 e. The number of hydrogen-bond acceptors (Lipinski definition) is 5. The highest BCUT2D eigenvalue weighted by molar-refractivity contribution is 7.91. The fraction of sp³-hybridized carbons (Fsp3) is 0.238. The molecule has 2 aromatic carbocycles. The van der Waals surface area contributed by atoms with E-state index in [0.29, 0.717) is 28.7 Å². The Bertz CT molecular complexity index is 1160. The van der Waals surface area contributed by atoms with Crippen LogP contribution in [0.15, 0.2) is 60.7 Å². The van der Waals surface area contributed by atoms with Crippen molar-refractivity contribution >= 4 is 33.2 Å². The Kier molecular flexibility index (Phi) is 5.78. The van der Waals surface area contributed by atoms with Gasteiger partial charge in [-0.15, -0.1) is 0 Å². The zero-order valence-electron chi connectivity index (χ0n) is 16.0. The quantitative estimate of drug-likeness (QED) is 0.626. The number of aromatic nitrogens is 2. The van der Waals surface area contributed by atoms with Crippen molar-refractivity contribution in [3.8, 4) is 17.0 Å². The Hall–Kier alpha value is -2.84. The van der Waals surface area contributed by atoms with Crippen LogP contribution in [0.25, 0.3) is 11.3 Å². The summed E-state index contributed by atoms with van der Waals surface area (Å²) in [7, 11) is -3.11. The second kappa shape index (κ2) is 8.49. The molecule has 1 atom stereocenters. The number of hydrogen-bond donors (Lipinski definition) is 1. The molecule has 7 nitrogen and oxygen atoms in total. The molecular formula is C21H20ClN3O4S. The second-order valence-corrected chi connectivity index (χ2v) is 9.69. The molecule has 30 heavy (non-hydrogen) atoms. The number of halogens is 1. The Morgan fingerprint density at radius 2 is 1.90 bits per heavy atom. The zero-order chi connectivity index (χ0) is 21.1. The topological polar surface area (TPSA) is 90.3 Å².